The van der Waals surface area contributed by atoms with Gasteiger partial charge in [-0.15, -0.1) is 0 Å². The van der Waals surface area contributed by atoms with Gasteiger partial charge >= 0.3 is 24.3 Å². The fourth-order valence-corrected chi connectivity index (χ4v) is 9.04. The smallest absolute Gasteiger partial charge is 0.487 e. The number of nitrogens with zero attached hydrogens (tertiary/aromatic N) is 4. The third-order valence-corrected chi connectivity index (χ3v) is 12.4. The predicted molar refractivity (Wildman–Crippen MR) is 223 cm³/mol. The number of aliphatic imine (C=N–C) groups is 1. The maximum absolute atomic E-state index is 14.1. The highest BCUT2D eigenvalue weighted by molar-refractivity contribution is 7.89. The Morgan fingerprint density at radius 1 is 0.905 bits per heavy atom. The molecule has 0 spiro atoms. The zero-order valence-corrected chi connectivity index (χ0v) is 36.6. The van der Waals surface area contributed by atoms with E-state index in [1.165, 1.54) is 12.1 Å². The lowest BCUT2D eigenvalue weighted by Gasteiger charge is -2.40. The molecule has 3 aromatic rings. The molecule has 1 aromatic heterocycles. The van der Waals surface area contributed by atoms with E-state index < -0.39 is 39.9 Å². The number of fused-ring (bicyclic) bond motifs is 1. The van der Waals surface area contributed by atoms with E-state index in [9.17, 15) is 39.6 Å². The summed E-state index contributed by atoms with van der Waals surface area (Å²) in [6, 6.07) is 10.5. The van der Waals surface area contributed by atoms with Gasteiger partial charge in [0.05, 0.1) is 5.02 Å². The summed E-state index contributed by atoms with van der Waals surface area (Å²) in [5.41, 5.74) is 13.5. The molecule has 1 saturated carbocycles. The van der Waals surface area contributed by atoms with E-state index in [1.54, 1.807) is 11.0 Å². The number of hydrogen-bond acceptors (Lipinski definition) is 9. The van der Waals surface area contributed by atoms with Crippen molar-refractivity contribution < 1.29 is 64.1 Å². The summed E-state index contributed by atoms with van der Waals surface area (Å²) < 4.78 is 100. The molecule has 5 rings (SSSR count). The number of carbonyl (C=O) groups is 3. The first-order chi connectivity index (χ1) is 29.3. The van der Waals surface area contributed by atoms with Crippen LogP contribution in [0.3, 0.4) is 0 Å². The van der Waals surface area contributed by atoms with Gasteiger partial charge in [0, 0.05) is 54.4 Å². The zero-order chi connectivity index (χ0) is 47.3. The summed E-state index contributed by atoms with van der Waals surface area (Å²) in [6.07, 6.45) is -3.81. The second-order valence-electron chi connectivity index (χ2n) is 14.6. The minimum Gasteiger partial charge on any atom is -0.487 e. The molecular weight excluding hydrogens is 911 g/mol. The van der Waals surface area contributed by atoms with E-state index in [4.69, 9.17) is 59.2 Å². The van der Waals surface area contributed by atoms with E-state index in [1.807, 2.05) is 36.9 Å². The molecule has 24 heteroatoms. The monoisotopic (exact) mass is 959 g/mol. The standard InChI is InChI=1S/C35H47Cl2N7O4S.2C2HF3O2/c1-24-22-25(2)41-32-26(24)10-9-11-29(32)48-23-27-28(36)12-13-30(31(27)37)49(46,47)42-35(14-5-6-15-35)33(45)43-18-20-44(21-19-43)34(39)40-17-8-4-3-7-16-38;2*3-2(4,5)1(6)7/h9-13,22,42H,3-8,14-21,23,38H2,1-2H3,(H2,39,40);2*(H,6,7). The second-order valence-corrected chi connectivity index (χ2v) is 17.0. The lowest BCUT2D eigenvalue weighted by Crippen LogP contribution is -2.62. The van der Waals surface area contributed by atoms with Gasteiger partial charge in [-0.05, 0) is 75.9 Å². The summed E-state index contributed by atoms with van der Waals surface area (Å²) in [4.78, 5) is 44.6. The Labute approximate surface area is 369 Å². The van der Waals surface area contributed by atoms with Gasteiger partial charge in [-0.25, -0.2) is 23.0 Å². The molecule has 15 nitrogen and oxygen atoms in total. The van der Waals surface area contributed by atoms with Gasteiger partial charge in [-0.1, -0.05) is 61.0 Å². The van der Waals surface area contributed by atoms with Crippen LogP contribution in [-0.2, 0) is 31.0 Å². The normalized spacial score (nSPS) is 15.6. The number of rotatable bonds is 13. The minimum absolute atomic E-state index is 0.0519. The number of guanidine groups is 1. The Morgan fingerprint density at radius 2 is 1.46 bits per heavy atom. The molecule has 1 saturated heterocycles. The van der Waals surface area contributed by atoms with Gasteiger partial charge < -0.3 is 36.2 Å². The summed E-state index contributed by atoms with van der Waals surface area (Å²) in [6.45, 7) is 7.08. The molecule has 7 N–H and O–H groups in total. The van der Waals surface area contributed by atoms with Crippen LogP contribution in [0.15, 0.2) is 46.3 Å². The number of sulfonamides is 1. The van der Waals surface area contributed by atoms with Gasteiger partial charge in [0.1, 0.15) is 28.3 Å². The number of aromatic nitrogens is 1. The molecule has 1 aliphatic heterocycles. The number of carbonyl (C=O) groups excluding carboxylic acids is 1. The lowest BCUT2D eigenvalue weighted by molar-refractivity contribution is -0.193. The first-order valence-corrected chi connectivity index (χ1v) is 21.7. The molecule has 2 heterocycles. The number of unbranched alkanes of at least 4 members (excludes halogenated alkanes) is 3. The molecule has 0 unspecified atom stereocenters. The van der Waals surface area contributed by atoms with Crippen molar-refractivity contribution in [3.63, 3.8) is 0 Å². The molecule has 2 aliphatic rings. The summed E-state index contributed by atoms with van der Waals surface area (Å²) in [7, 11) is -4.24. The number of piperazine rings is 1. The number of nitrogens with two attached hydrogens (primary N) is 2. The number of pyridine rings is 1. The number of para-hydroxylation sites is 1. The van der Waals surface area contributed by atoms with Crippen LogP contribution in [0.5, 0.6) is 5.75 Å². The van der Waals surface area contributed by atoms with Gasteiger partial charge in [0.15, 0.2) is 5.96 Å². The van der Waals surface area contributed by atoms with Crippen molar-refractivity contribution in [3.8, 4) is 5.75 Å². The fourth-order valence-electron chi connectivity index (χ4n) is 6.73. The van der Waals surface area contributed by atoms with E-state index in [0.29, 0.717) is 74.9 Å². The zero-order valence-electron chi connectivity index (χ0n) is 34.3. The maximum atomic E-state index is 14.1. The number of benzene rings is 2. The topological polar surface area (TPSA) is 231 Å². The van der Waals surface area contributed by atoms with Crippen LogP contribution < -0.4 is 20.9 Å². The van der Waals surface area contributed by atoms with Crippen LogP contribution in [0.1, 0.15) is 68.2 Å². The molecule has 0 atom stereocenters. The Kier molecular flexibility index (Phi) is 19.1. The highest BCUT2D eigenvalue weighted by Gasteiger charge is 2.47. The Balaban J connectivity index is 0.000000650. The van der Waals surface area contributed by atoms with Gasteiger partial charge in [-0.3, -0.25) is 9.79 Å². The summed E-state index contributed by atoms with van der Waals surface area (Å²) in [5, 5.41) is 15.4. The van der Waals surface area contributed by atoms with Crippen molar-refractivity contribution in [1.82, 2.24) is 19.5 Å². The Morgan fingerprint density at radius 3 is 2.02 bits per heavy atom. The molecule has 1 aliphatic carbocycles. The first kappa shape index (κ1) is 52.7. The maximum Gasteiger partial charge on any atom is 0.490 e. The van der Waals surface area contributed by atoms with Crippen LogP contribution >= 0.6 is 23.2 Å². The first-order valence-electron chi connectivity index (χ1n) is 19.5. The number of aliphatic carboxylic acids is 2. The predicted octanol–water partition coefficient (Wildman–Crippen LogP) is 6.57. The summed E-state index contributed by atoms with van der Waals surface area (Å²) in [5.74, 6) is -4.74. The number of hydrogen-bond donors (Lipinski definition) is 5. The van der Waals surface area contributed by atoms with Crippen LogP contribution in [0.2, 0.25) is 10.0 Å². The Bertz CT molecular complexity index is 2200. The Hall–Kier alpha value is -4.64. The number of carboxylic acids is 2. The largest absolute Gasteiger partial charge is 0.490 e. The number of nitrogens with one attached hydrogen (secondary N) is 1. The third kappa shape index (κ3) is 15.0. The van der Waals surface area contributed by atoms with Crippen molar-refractivity contribution in [2.24, 2.45) is 16.5 Å². The number of aryl methyl sites for hydroxylation is 2. The van der Waals surface area contributed by atoms with Crippen LogP contribution in [0.25, 0.3) is 10.9 Å². The molecule has 0 bridgehead atoms. The molecule has 350 valence electrons. The van der Waals surface area contributed by atoms with E-state index in [-0.39, 0.29) is 27.5 Å². The number of alkyl halides is 6. The molecule has 2 aromatic carbocycles. The second kappa shape index (κ2) is 22.8. The van der Waals surface area contributed by atoms with Crippen molar-refractivity contribution in [2.45, 2.75) is 94.6 Å². The van der Waals surface area contributed by atoms with Gasteiger partial charge in [0.2, 0.25) is 15.9 Å². The van der Waals surface area contributed by atoms with E-state index in [0.717, 1.165) is 55.2 Å². The van der Waals surface area contributed by atoms with E-state index in [2.05, 4.69) is 14.7 Å². The van der Waals surface area contributed by atoms with E-state index >= 15 is 0 Å². The third-order valence-electron chi connectivity index (χ3n) is 9.91. The number of halogens is 8. The van der Waals surface area contributed by atoms with Gasteiger partial charge in [0.25, 0.3) is 0 Å². The molecule has 0 radical (unpaired) electrons. The van der Waals surface area contributed by atoms with Crippen LogP contribution in [-0.4, -0.2) is 114 Å². The highest BCUT2D eigenvalue weighted by atomic mass is 35.5. The fraction of sp³-hybridized carbons (Fsp3) is 0.513. The molecule has 1 amide bonds. The molecule has 2 fully saturated rings. The molecular formula is C39H49Cl2F6N7O8S. The SMILES string of the molecule is Cc1cc(C)c2cccc(OCc3c(Cl)ccc(S(=O)(=O)NC4(C(=O)N5CCN(C(N)=NCCCCCCN)CC5)CCCC4)c3Cl)c2n1.O=C(O)C(F)(F)F.O=C(O)C(F)(F)F. The number of ether oxygens (including phenoxy) is 1. The average Bonchev–Trinajstić information content (AvgIpc) is 3.67. The van der Waals surface area contributed by atoms with Gasteiger partial charge in [-0.2, -0.15) is 31.1 Å². The quantitative estimate of drug-likeness (QED) is 0.0530. The van der Waals surface area contributed by atoms with Crippen LogP contribution in [0.4, 0.5) is 26.3 Å². The van der Waals surface area contributed by atoms with Crippen molar-refractivity contribution in [2.75, 3.05) is 39.3 Å². The van der Waals surface area contributed by atoms with Crippen molar-refractivity contribution in [1.29, 1.82) is 0 Å². The van der Waals surface area contributed by atoms with Crippen LogP contribution in [0, 0.1) is 13.8 Å². The number of carboxylic acid groups (broad SMARTS) is 2. The highest BCUT2D eigenvalue weighted by Crippen LogP contribution is 2.37. The summed E-state index contributed by atoms with van der Waals surface area (Å²) >= 11 is 13.3. The van der Waals surface area contributed by atoms with Crippen molar-refractivity contribution in [3.05, 3.63) is 63.3 Å². The average molecular weight is 961 g/mol. The van der Waals surface area contributed by atoms with Crippen molar-refractivity contribution >= 4 is 67.9 Å². The molecule has 63 heavy (non-hydrogen) atoms. The minimum atomic E-state index is -5.08. The lowest BCUT2D eigenvalue weighted by atomic mass is 9.96. The number of amides is 1.